The molecule has 3 rings (SSSR count). The quantitative estimate of drug-likeness (QED) is 0.807. The smallest absolute Gasteiger partial charge is 0.174 e. The maximum absolute atomic E-state index is 10.9. The van der Waals surface area contributed by atoms with Gasteiger partial charge in [-0.1, -0.05) is 65.4 Å². The molecule has 2 aliphatic rings. The Bertz CT molecular complexity index is 635. The standard InChI is InChI=1S/C19H29N3OS/c1-18(2,3)13-9-12(10-14(16(13)23)19(4,5)6)15-11-21-22-8-7-20-17(22)24-15/h9-10,15,21,23H,7-8,11H2,1-6H3. The number of hydrogen-bond donors (Lipinski definition) is 2. The molecule has 0 aliphatic carbocycles. The number of amidine groups is 1. The van der Waals surface area contributed by atoms with E-state index in [4.69, 9.17) is 0 Å². The van der Waals surface area contributed by atoms with Crippen LogP contribution in [0.3, 0.4) is 0 Å². The van der Waals surface area contributed by atoms with Gasteiger partial charge in [-0.05, 0) is 27.5 Å². The third-order valence-corrected chi connectivity index (χ3v) is 5.92. The molecule has 24 heavy (non-hydrogen) atoms. The van der Waals surface area contributed by atoms with Crippen molar-refractivity contribution in [2.45, 2.75) is 57.6 Å². The second-order valence-corrected chi connectivity index (χ2v) is 9.92. The zero-order valence-corrected chi connectivity index (χ0v) is 16.4. The Hall–Kier alpha value is -1.20. The molecule has 1 fully saturated rings. The summed E-state index contributed by atoms with van der Waals surface area (Å²) in [6.45, 7) is 15.7. The van der Waals surface area contributed by atoms with E-state index in [1.54, 1.807) is 0 Å². The Kier molecular flexibility index (Phi) is 4.37. The van der Waals surface area contributed by atoms with Crippen molar-refractivity contribution >= 4 is 16.9 Å². The van der Waals surface area contributed by atoms with Gasteiger partial charge in [-0.25, -0.2) is 5.43 Å². The number of nitrogens with zero attached hydrogens (tertiary/aromatic N) is 2. The first-order chi connectivity index (χ1) is 11.1. The molecule has 1 atom stereocenters. The minimum absolute atomic E-state index is 0.0935. The number of hydrazine groups is 1. The van der Waals surface area contributed by atoms with Crippen LogP contribution in [0, 0.1) is 0 Å². The van der Waals surface area contributed by atoms with E-state index in [1.807, 2.05) is 11.8 Å². The Morgan fingerprint density at radius 3 is 2.25 bits per heavy atom. The van der Waals surface area contributed by atoms with Gasteiger partial charge in [-0.2, -0.15) is 0 Å². The van der Waals surface area contributed by atoms with E-state index >= 15 is 0 Å². The second kappa shape index (κ2) is 5.95. The number of aromatic hydroxyl groups is 1. The molecular formula is C19H29N3OS. The summed E-state index contributed by atoms with van der Waals surface area (Å²) in [5.74, 6) is 0.451. The molecule has 2 N–H and O–H groups in total. The Labute approximate surface area is 149 Å². The molecule has 1 aromatic rings. The van der Waals surface area contributed by atoms with Crippen LogP contribution in [0.1, 0.15) is 63.5 Å². The van der Waals surface area contributed by atoms with Gasteiger partial charge in [0.15, 0.2) is 5.17 Å². The Balaban J connectivity index is 2.04. The Morgan fingerprint density at radius 1 is 1.12 bits per heavy atom. The van der Waals surface area contributed by atoms with Crippen LogP contribution in [0.4, 0.5) is 0 Å². The van der Waals surface area contributed by atoms with Crippen LogP contribution in [-0.4, -0.2) is 34.9 Å². The van der Waals surface area contributed by atoms with Crippen molar-refractivity contribution < 1.29 is 5.11 Å². The molecule has 2 heterocycles. The fraction of sp³-hybridized carbons (Fsp3) is 0.632. The van der Waals surface area contributed by atoms with E-state index in [-0.39, 0.29) is 10.8 Å². The maximum Gasteiger partial charge on any atom is 0.174 e. The highest BCUT2D eigenvalue weighted by Gasteiger charge is 2.32. The first kappa shape index (κ1) is 17.6. The predicted octanol–water partition coefficient (Wildman–Crippen LogP) is 3.95. The number of nitrogens with one attached hydrogen (secondary N) is 1. The van der Waals surface area contributed by atoms with Gasteiger partial charge in [0.25, 0.3) is 0 Å². The fourth-order valence-electron chi connectivity index (χ4n) is 3.21. The van der Waals surface area contributed by atoms with Crippen molar-refractivity contribution in [2.75, 3.05) is 19.6 Å². The average Bonchev–Trinajstić information content (AvgIpc) is 2.92. The number of aliphatic imine (C=N–C) groups is 1. The van der Waals surface area contributed by atoms with E-state index in [0.717, 1.165) is 35.9 Å². The van der Waals surface area contributed by atoms with Crippen molar-refractivity contribution in [3.63, 3.8) is 0 Å². The van der Waals surface area contributed by atoms with Gasteiger partial charge < -0.3 is 5.11 Å². The van der Waals surface area contributed by atoms with Crippen LogP contribution in [0.5, 0.6) is 5.75 Å². The summed E-state index contributed by atoms with van der Waals surface area (Å²) >= 11 is 1.83. The minimum atomic E-state index is -0.0935. The van der Waals surface area contributed by atoms with Crippen LogP contribution in [0.2, 0.25) is 0 Å². The van der Waals surface area contributed by atoms with Gasteiger partial charge in [0.05, 0.1) is 18.3 Å². The molecule has 1 unspecified atom stereocenters. The van der Waals surface area contributed by atoms with Crippen LogP contribution in [0.15, 0.2) is 17.1 Å². The van der Waals surface area contributed by atoms with Gasteiger partial charge in [0.2, 0.25) is 0 Å². The lowest BCUT2D eigenvalue weighted by molar-refractivity contribution is 0.334. The SMILES string of the molecule is CC(C)(C)c1cc(C2CNN3CCN=C3S2)cc(C(C)(C)C)c1O. The number of fused-ring (bicyclic) bond motifs is 1. The van der Waals surface area contributed by atoms with Crippen LogP contribution in [-0.2, 0) is 10.8 Å². The highest BCUT2D eigenvalue weighted by Crippen LogP contribution is 2.43. The number of benzene rings is 1. The predicted molar refractivity (Wildman–Crippen MR) is 103 cm³/mol. The van der Waals surface area contributed by atoms with Crippen LogP contribution in [0.25, 0.3) is 0 Å². The van der Waals surface area contributed by atoms with Gasteiger partial charge in [-0.3, -0.25) is 10.0 Å². The second-order valence-electron chi connectivity index (χ2n) is 8.75. The summed E-state index contributed by atoms with van der Waals surface area (Å²) in [4.78, 5) is 4.59. The van der Waals surface area contributed by atoms with Gasteiger partial charge in [-0.15, -0.1) is 0 Å². The normalized spacial score (nSPS) is 21.7. The first-order valence-electron chi connectivity index (χ1n) is 8.67. The lowest BCUT2D eigenvalue weighted by atomic mass is 9.78. The fourth-order valence-corrected chi connectivity index (χ4v) is 4.34. The summed E-state index contributed by atoms with van der Waals surface area (Å²) < 4.78 is 0. The number of thioether (sulfide) groups is 1. The molecule has 4 nitrogen and oxygen atoms in total. The highest BCUT2D eigenvalue weighted by molar-refractivity contribution is 8.14. The van der Waals surface area contributed by atoms with Crippen molar-refractivity contribution in [3.8, 4) is 5.75 Å². The zero-order valence-electron chi connectivity index (χ0n) is 15.6. The van der Waals surface area contributed by atoms with Crippen molar-refractivity contribution in [2.24, 2.45) is 4.99 Å². The zero-order chi connectivity index (χ0) is 17.7. The molecule has 0 spiro atoms. The third kappa shape index (κ3) is 3.29. The summed E-state index contributed by atoms with van der Waals surface area (Å²) in [5, 5.41) is 14.4. The summed E-state index contributed by atoms with van der Waals surface area (Å²) in [5.41, 5.74) is 6.62. The van der Waals surface area contributed by atoms with E-state index in [9.17, 15) is 5.11 Å². The largest absolute Gasteiger partial charge is 0.507 e. The van der Waals surface area contributed by atoms with E-state index in [1.165, 1.54) is 5.56 Å². The minimum Gasteiger partial charge on any atom is -0.507 e. The van der Waals surface area contributed by atoms with E-state index in [0.29, 0.717) is 11.0 Å². The molecule has 5 heteroatoms. The summed E-state index contributed by atoms with van der Waals surface area (Å²) in [6.07, 6.45) is 0. The Morgan fingerprint density at radius 2 is 1.71 bits per heavy atom. The van der Waals surface area contributed by atoms with E-state index < -0.39 is 0 Å². The van der Waals surface area contributed by atoms with Gasteiger partial charge in [0.1, 0.15) is 5.75 Å². The number of rotatable bonds is 1. The molecule has 1 aromatic carbocycles. The topological polar surface area (TPSA) is 47.9 Å². The number of phenols is 1. The summed E-state index contributed by atoms with van der Waals surface area (Å²) in [7, 11) is 0. The van der Waals surface area contributed by atoms with Crippen LogP contribution >= 0.6 is 11.8 Å². The van der Waals surface area contributed by atoms with Gasteiger partial charge >= 0.3 is 0 Å². The maximum atomic E-state index is 10.9. The van der Waals surface area contributed by atoms with Crippen molar-refractivity contribution in [1.29, 1.82) is 0 Å². The summed E-state index contributed by atoms with van der Waals surface area (Å²) in [6, 6.07) is 4.38. The van der Waals surface area contributed by atoms with Crippen molar-refractivity contribution in [1.82, 2.24) is 10.4 Å². The molecule has 1 saturated heterocycles. The molecule has 0 amide bonds. The lowest BCUT2D eigenvalue weighted by Gasteiger charge is -2.34. The molecule has 132 valence electrons. The van der Waals surface area contributed by atoms with Crippen molar-refractivity contribution in [3.05, 3.63) is 28.8 Å². The number of hydrogen-bond acceptors (Lipinski definition) is 5. The molecule has 0 radical (unpaired) electrons. The molecule has 2 aliphatic heterocycles. The third-order valence-electron chi connectivity index (χ3n) is 4.64. The average molecular weight is 348 g/mol. The molecule has 0 aromatic heterocycles. The molecule has 0 bridgehead atoms. The first-order valence-corrected chi connectivity index (χ1v) is 9.55. The molecular weight excluding hydrogens is 318 g/mol. The lowest BCUT2D eigenvalue weighted by Crippen LogP contribution is -2.45. The van der Waals surface area contributed by atoms with Gasteiger partial charge in [0, 0.05) is 6.54 Å². The van der Waals surface area contributed by atoms with Crippen LogP contribution < -0.4 is 5.43 Å². The molecule has 0 saturated carbocycles. The van der Waals surface area contributed by atoms with E-state index in [2.05, 4.69) is 69.1 Å². The highest BCUT2D eigenvalue weighted by atomic mass is 32.2. The number of phenolic OH excluding ortho intramolecular Hbond substituents is 1. The monoisotopic (exact) mass is 347 g/mol.